The standard InChI is InChI=1S/C15H12ClF3O2/c1-9-7-12(15(17,18)19)14(16,13(20)21)8-11(9)10-5-3-2-4-6-10/h2-7H,8H2,1H3,(H,20,21). The molecule has 0 spiro atoms. The molecule has 1 unspecified atom stereocenters. The molecule has 0 saturated heterocycles. The average Bonchev–Trinajstić information content (AvgIpc) is 2.40. The van der Waals surface area contributed by atoms with E-state index >= 15 is 0 Å². The summed E-state index contributed by atoms with van der Waals surface area (Å²) in [5, 5.41) is 9.19. The van der Waals surface area contributed by atoms with Gasteiger partial charge in [-0.1, -0.05) is 30.3 Å². The fourth-order valence-electron chi connectivity index (χ4n) is 2.36. The van der Waals surface area contributed by atoms with E-state index < -0.39 is 29.0 Å². The van der Waals surface area contributed by atoms with E-state index in [4.69, 9.17) is 11.6 Å². The molecule has 1 atom stereocenters. The summed E-state index contributed by atoms with van der Waals surface area (Å²) in [4.78, 5) is 8.82. The van der Waals surface area contributed by atoms with E-state index in [1.165, 1.54) is 6.92 Å². The second kappa shape index (κ2) is 5.22. The molecule has 2 rings (SSSR count). The fraction of sp³-hybridized carbons (Fsp3) is 0.267. The number of hydrogen-bond acceptors (Lipinski definition) is 1. The lowest BCUT2D eigenvalue weighted by Crippen LogP contribution is -2.42. The first-order chi connectivity index (χ1) is 9.66. The van der Waals surface area contributed by atoms with Crippen molar-refractivity contribution in [3.05, 3.63) is 53.1 Å². The second-order valence-corrected chi connectivity index (χ2v) is 5.51. The van der Waals surface area contributed by atoms with E-state index in [0.29, 0.717) is 16.7 Å². The van der Waals surface area contributed by atoms with Crippen LogP contribution < -0.4 is 0 Å². The van der Waals surface area contributed by atoms with Crippen molar-refractivity contribution in [1.82, 2.24) is 0 Å². The van der Waals surface area contributed by atoms with Gasteiger partial charge in [-0.05, 0) is 29.7 Å². The number of alkyl halides is 4. The lowest BCUT2D eigenvalue weighted by atomic mass is 9.80. The van der Waals surface area contributed by atoms with Crippen molar-refractivity contribution in [3.8, 4) is 0 Å². The molecule has 0 aromatic heterocycles. The number of halogens is 4. The highest BCUT2D eigenvalue weighted by atomic mass is 35.5. The molecular formula is C15H12ClF3O2. The van der Waals surface area contributed by atoms with Gasteiger partial charge in [0.1, 0.15) is 0 Å². The van der Waals surface area contributed by atoms with Gasteiger partial charge in [-0.25, -0.2) is 4.79 Å². The van der Waals surface area contributed by atoms with E-state index in [2.05, 4.69) is 0 Å². The van der Waals surface area contributed by atoms with Crippen molar-refractivity contribution in [1.29, 1.82) is 0 Å². The molecule has 1 aliphatic carbocycles. The van der Waals surface area contributed by atoms with E-state index in [0.717, 1.165) is 6.08 Å². The van der Waals surface area contributed by atoms with Gasteiger partial charge in [-0.3, -0.25) is 0 Å². The molecule has 1 N–H and O–H groups in total. The minimum atomic E-state index is -4.79. The van der Waals surface area contributed by atoms with E-state index in [1.54, 1.807) is 30.3 Å². The third-order valence-corrected chi connectivity index (χ3v) is 3.95. The monoisotopic (exact) mass is 316 g/mol. The van der Waals surface area contributed by atoms with E-state index in [1.807, 2.05) is 0 Å². The Morgan fingerprint density at radius 1 is 1.29 bits per heavy atom. The minimum absolute atomic E-state index is 0.367. The van der Waals surface area contributed by atoms with Gasteiger partial charge < -0.3 is 5.11 Å². The van der Waals surface area contributed by atoms with Crippen LogP contribution in [-0.4, -0.2) is 22.1 Å². The Labute approximate surface area is 124 Å². The normalized spacial score (nSPS) is 23.0. The Kier molecular flexibility index (Phi) is 3.89. The predicted octanol–water partition coefficient (Wildman–Crippen LogP) is 4.41. The zero-order valence-corrected chi connectivity index (χ0v) is 11.8. The number of carboxylic acid groups (broad SMARTS) is 1. The van der Waals surface area contributed by atoms with Gasteiger partial charge in [0.15, 0.2) is 4.87 Å². The van der Waals surface area contributed by atoms with E-state index in [9.17, 15) is 23.1 Å². The molecule has 0 heterocycles. The van der Waals surface area contributed by atoms with Crippen molar-refractivity contribution in [2.45, 2.75) is 24.4 Å². The Morgan fingerprint density at radius 2 is 1.86 bits per heavy atom. The van der Waals surface area contributed by atoms with Gasteiger partial charge in [-0.15, -0.1) is 11.6 Å². The van der Waals surface area contributed by atoms with Crippen LogP contribution >= 0.6 is 11.6 Å². The first-order valence-corrected chi connectivity index (χ1v) is 6.51. The molecule has 1 aliphatic rings. The molecule has 0 saturated carbocycles. The molecule has 2 nitrogen and oxygen atoms in total. The number of hydrogen-bond donors (Lipinski definition) is 1. The number of rotatable bonds is 2. The second-order valence-electron chi connectivity index (χ2n) is 4.87. The summed E-state index contributed by atoms with van der Waals surface area (Å²) in [5.74, 6) is -1.70. The van der Waals surface area contributed by atoms with Gasteiger partial charge in [0.2, 0.25) is 0 Å². The first-order valence-electron chi connectivity index (χ1n) is 6.13. The summed E-state index contributed by atoms with van der Waals surface area (Å²) in [6.07, 6.45) is -4.37. The molecule has 1 aromatic carbocycles. The van der Waals surface area contributed by atoms with Crippen LogP contribution in [0.15, 0.2) is 47.6 Å². The molecule has 21 heavy (non-hydrogen) atoms. The summed E-state index contributed by atoms with van der Waals surface area (Å²) in [6, 6.07) is 8.66. The molecule has 1 aromatic rings. The zero-order valence-electron chi connectivity index (χ0n) is 11.0. The van der Waals surface area contributed by atoms with Gasteiger partial charge in [0, 0.05) is 6.42 Å². The third-order valence-electron chi connectivity index (χ3n) is 3.45. The maximum atomic E-state index is 13.1. The lowest BCUT2D eigenvalue weighted by Gasteiger charge is -2.32. The maximum absolute atomic E-state index is 13.1. The number of aliphatic carboxylic acids is 1. The minimum Gasteiger partial charge on any atom is -0.480 e. The third kappa shape index (κ3) is 2.83. The Hall–Kier alpha value is -1.75. The molecule has 0 aliphatic heterocycles. The highest BCUT2D eigenvalue weighted by molar-refractivity contribution is 6.37. The average molecular weight is 317 g/mol. The zero-order chi connectivity index (χ0) is 15.8. The molecular weight excluding hydrogens is 305 g/mol. The van der Waals surface area contributed by atoms with Gasteiger partial charge >= 0.3 is 12.1 Å². The van der Waals surface area contributed by atoms with Crippen molar-refractivity contribution in [2.24, 2.45) is 0 Å². The van der Waals surface area contributed by atoms with Crippen LogP contribution in [-0.2, 0) is 4.79 Å². The maximum Gasteiger partial charge on any atom is 0.414 e. The summed E-state index contributed by atoms with van der Waals surface area (Å²) < 4.78 is 39.2. The number of carbonyl (C=O) groups is 1. The smallest absolute Gasteiger partial charge is 0.414 e. The molecule has 112 valence electrons. The van der Waals surface area contributed by atoms with Crippen LogP contribution in [0.2, 0.25) is 0 Å². The molecule has 0 bridgehead atoms. The predicted molar refractivity (Wildman–Crippen MR) is 74.0 cm³/mol. The SMILES string of the molecule is CC1=C(c2ccccc2)CC(Cl)(C(=O)O)C(C(F)(F)F)=C1. The Morgan fingerprint density at radius 3 is 2.33 bits per heavy atom. The lowest BCUT2D eigenvalue weighted by molar-refractivity contribution is -0.143. The topological polar surface area (TPSA) is 37.3 Å². The number of allylic oxidation sites excluding steroid dienone is 3. The van der Waals surface area contributed by atoms with Crippen LogP contribution in [0.25, 0.3) is 5.57 Å². The van der Waals surface area contributed by atoms with Crippen molar-refractivity contribution in [2.75, 3.05) is 0 Å². The summed E-state index contributed by atoms with van der Waals surface area (Å²) >= 11 is 5.85. The molecule has 0 amide bonds. The fourth-order valence-corrected chi connectivity index (χ4v) is 2.66. The number of carboxylic acids is 1. The van der Waals surface area contributed by atoms with Crippen molar-refractivity contribution < 1.29 is 23.1 Å². The quantitative estimate of drug-likeness (QED) is 0.820. The highest BCUT2D eigenvalue weighted by Gasteiger charge is 2.54. The molecule has 6 heteroatoms. The van der Waals surface area contributed by atoms with Crippen LogP contribution in [0.5, 0.6) is 0 Å². The molecule has 0 radical (unpaired) electrons. The van der Waals surface area contributed by atoms with Gasteiger partial charge in [0.05, 0.1) is 5.57 Å². The van der Waals surface area contributed by atoms with Crippen LogP contribution in [0.1, 0.15) is 18.9 Å². The van der Waals surface area contributed by atoms with E-state index in [-0.39, 0.29) is 0 Å². The van der Waals surface area contributed by atoms with Crippen LogP contribution in [0.3, 0.4) is 0 Å². The highest BCUT2D eigenvalue weighted by Crippen LogP contribution is 2.48. The van der Waals surface area contributed by atoms with Crippen molar-refractivity contribution >= 4 is 23.1 Å². The summed E-state index contributed by atoms with van der Waals surface area (Å²) in [7, 11) is 0. The van der Waals surface area contributed by atoms with Gasteiger partial charge in [-0.2, -0.15) is 13.2 Å². The van der Waals surface area contributed by atoms with Crippen LogP contribution in [0, 0.1) is 0 Å². The Balaban J connectivity index is 2.62. The largest absolute Gasteiger partial charge is 0.480 e. The van der Waals surface area contributed by atoms with Crippen LogP contribution in [0.4, 0.5) is 13.2 Å². The molecule has 0 fully saturated rings. The number of benzene rings is 1. The van der Waals surface area contributed by atoms with Gasteiger partial charge in [0.25, 0.3) is 0 Å². The summed E-state index contributed by atoms with van der Waals surface area (Å²) in [6.45, 7) is 1.52. The van der Waals surface area contributed by atoms with Crippen molar-refractivity contribution in [3.63, 3.8) is 0 Å². The first kappa shape index (κ1) is 15.6. The Bertz CT molecular complexity index is 632. The summed E-state index contributed by atoms with van der Waals surface area (Å²) in [5.41, 5.74) is 0.298.